The second kappa shape index (κ2) is 8.89. The lowest BCUT2D eigenvalue weighted by Gasteiger charge is -2.14. The van der Waals surface area contributed by atoms with E-state index in [9.17, 15) is 9.59 Å². The number of aromatic nitrogens is 1. The van der Waals surface area contributed by atoms with Gasteiger partial charge in [0, 0.05) is 30.9 Å². The number of pyridine rings is 1. The number of nitrogens with one attached hydrogen (secondary N) is 1. The smallest absolute Gasteiger partial charge is 0.262 e. The number of rotatable bonds is 7. The van der Waals surface area contributed by atoms with Crippen molar-refractivity contribution in [2.75, 3.05) is 25.6 Å². The summed E-state index contributed by atoms with van der Waals surface area (Å²) in [7, 11) is 1.60. The number of anilines is 1. The molecule has 1 aromatic heterocycles. The van der Waals surface area contributed by atoms with E-state index in [2.05, 4.69) is 5.32 Å². The molecule has 8 heteroatoms. The third-order valence-corrected chi connectivity index (χ3v) is 4.03. The number of hydrogen-bond acceptors (Lipinski definition) is 4. The minimum Gasteiger partial charge on any atom is -0.478 e. The number of hydrogen-bond donors (Lipinski definition) is 1. The molecule has 0 radical (unpaired) electrons. The zero-order valence-electron chi connectivity index (χ0n) is 13.8. The van der Waals surface area contributed by atoms with Gasteiger partial charge >= 0.3 is 0 Å². The van der Waals surface area contributed by atoms with E-state index in [1.54, 1.807) is 32.4 Å². The van der Waals surface area contributed by atoms with Crippen LogP contribution in [0.15, 0.2) is 35.3 Å². The number of halogens is 2. The van der Waals surface area contributed by atoms with Gasteiger partial charge in [-0.25, -0.2) is 0 Å². The normalized spacial score (nSPS) is 10.6. The summed E-state index contributed by atoms with van der Waals surface area (Å²) in [5, 5.41) is 3.40. The summed E-state index contributed by atoms with van der Waals surface area (Å²) in [6, 6.07) is 6.12. The molecule has 0 fully saturated rings. The van der Waals surface area contributed by atoms with E-state index in [1.165, 1.54) is 12.1 Å². The molecule has 0 unspecified atom stereocenters. The molecule has 0 aliphatic carbocycles. The summed E-state index contributed by atoms with van der Waals surface area (Å²) in [4.78, 5) is 24.0. The zero-order valence-corrected chi connectivity index (χ0v) is 15.4. The Balaban J connectivity index is 2.05. The van der Waals surface area contributed by atoms with Gasteiger partial charge in [0.25, 0.3) is 5.91 Å². The van der Waals surface area contributed by atoms with E-state index in [0.717, 1.165) is 0 Å². The van der Waals surface area contributed by atoms with Crippen LogP contribution in [0.5, 0.6) is 5.75 Å². The standard InChI is InChI=1S/C17H18Cl2N2O4/c1-11-17(15(22)5-6-21(11)7-8-24-2)25-10-16(23)20-14-4-3-12(18)9-13(14)19/h3-6,9H,7-8,10H2,1-2H3,(H,20,23). The first kappa shape index (κ1) is 19.3. The van der Waals surface area contributed by atoms with E-state index >= 15 is 0 Å². The van der Waals surface area contributed by atoms with Gasteiger partial charge in [0.15, 0.2) is 12.4 Å². The molecule has 0 atom stereocenters. The Morgan fingerprint density at radius 3 is 2.72 bits per heavy atom. The maximum atomic E-state index is 12.0. The lowest BCUT2D eigenvalue weighted by atomic mass is 10.3. The average Bonchev–Trinajstić information content (AvgIpc) is 2.56. The monoisotopic (exact) mass is 384 g/mol. The molecule has 25 heavy (non-hydrogen) atoms. The fourth-order valence-electron chi connectivity index (χ4n) is 2.18. The molecule has 2 aromatic rings. The first-order valence-electron chi connectivity index (χ1n) is 7.49. The number of ether oxygens (including phenoxy) is 2. The molecule has 0 saturated heterocycles. The summed E-state index contributed by atoms with van der Waals surface area (Å²) >= 11 is 11.8. The molecule has 1 amide bonds. The lowest BCUT2D eigenvalue weighted by molar-refractivity contribution is -0.118. The Morgan fingerprint density at radius 2 is 2.04 bits per heavy atom. The maximum Gasteiger partial charge on any atom is 0.262 e. The van der Waals surface area contributed by atoms with Crippen LogP contribution in [0.2, 0.25) is 10.0 Å². The fourth-order valence-corrected chi connectivity index (χ4v) is 2.63. The van der Waals surface area contributed by atoms with Crippen LogP contribution in [0.3, 0.4) is 0 Å². The average molecular weight is 385 g/mol. The zero-order chi connectivity index (χ0) is 18.4. The highest BCUT2D eigenvalue weighted by molar-refractivity contribution is 6.36. The second-order valence-electron chi connectivity index (χ2n) is 5.24. The predicted octanol–water partition coefficient (Wildman–Crippen LogP) is 3.13. The number of methoxy groups -OCH3 is 1. The van der Waals surface area contributed by atoms with Crippen LogP contribution in [0, 0.1) is 6.92 Å². The van der Waals surface area contributed by atoms with Gasteiger partial charge in [-0.05, 0) is 25.1 Å². The minimum atomic E-state index is -0.435. The number of carbonyl (C=O) groups excluding carboxylic acids is 1. The molecule has 1 aromatic carbocycles. The molecule has 1 heterocycles. The van der Waals surface area contributed by atoms with Gasteiger partial charge in [0.1, 0.15) is 0 Å². The third-order valence-electron chi connectivity index (χ3n) is 3.48. The molecule has 1 N–H and O–H groups in total. The quantitative estimate of drug-likeness (QED) is 0.795. The summed E-state index contributed by atoms with van der Waals surface area (Å²) in [5.74, 6) is -0.300. The van der Waals surface area contributed by atoms with Gasteiger partial charge in [0.05, 0.1) is 23.0 Å². The van der Waals surface area contributed by atoms with Crippen molar-refractivity contribution in [2.45, 2.75) is 13.5 Å². The van der Waals surface area contributed by atoms with Crippen LogP contribution < -0.4 is 15.5 Å². The Bertz CT molecular complexity index is 821. The van der Waals surface area contributed by atoms with Crippen molar-refractivity contribution in [2.24, 2.45) is 0 Å². The number of amides is 1. The van der Waals surface area contributed by atoms with E-state index in [1.807, 2.05) is 4.57 Å². The number of carbonyl (C=O) groups is 1. The Morgan fingerprint density at radius 1 is 1.28 bits per heavy atom. The van der Waals surface area contributed by atoms with Crippen molar-refractivity contribution in [3.05, 3.63) is 56.4 Å². The third kappa shape index (κ3) is 5.22. The summed E-state index contributed by atoms with van der Waals surface area (Å²) in [5.41, 5.74) is 0.757. The van der Waals surface area contributed by atoms with Gasteiger partial charge in [-0.3, -0.25) is 9.59 Å². The van der Waals surface area contributed by atoms with Crippen LogP contribution in [0.4, 0.5) is 5.69 Å². The summed E-state index contributed by atoms with van der Waals surface area (Å²) in [6.45, 7) is 2.51. The topological polar surface area (TPSA) is 69.6 Å². The molecule has 0 aliphatic rings. The Kier molecular flexibility index (Phi) is 6.87. The second-order valence-corrected chi connectivity index (χ2v) is 6.09. The van der Waals surface area contributed by atoms with E-state index in [0.29, 0.717) is 34.6 Å². The van der Waals surface area contributed by atoms with E-state index in [-0.39, 0.29) is 17.8 Å². The van der Waals surface area contributed by atoms with Crippen molar-refractivity contribution in [3.63, 3.8) is 0 Å². The van der Waals surface area contributed by atoms with Crippen molar-refractivity contribution in [1.29, 1.82) is 0 Å². The first-order valence-corrected chi connectivity index (χ1v) is 8.24. The van der Waals surface area contributed by atoms with Gasteiger partial charge in [0.2, 0.25) is 5.43 Å². The SMILES string of the molecule is COCCn1ccc(=O)c(OCC(=O)Nc2ccc(Cl)cc2Cl)c1C. The molecule has 0 spiro atoms. The summed E-state index contributed by atoms with van der Waals surface area (Å²) in [6.07, 6.45) is 1.66. The van der Waals surface area contributed by atoms with Crippen LogP contribution in [0.1, 0.15) is 5.69 Å². The molecule has 6 nitrogen and oxygen atoms in total. The van der Waals surface area contributed by atoms with Gasteiger partial charge < -0.3 is 19.4 Å². The van der Waals surface area contributed by atoms with Crippen LogP contribution in [-0.2, 0) is 16.1 Å². The van der Waals surface area contributed by atoms with Crippen molar-refractivity contribution >= 4 is 34.8 Å². The van der Waals surface area contributed by atoms with Crippen molar-refractivity contribution in [3.8, 4) is 5.75 Å². The van der Waals surface area contributed by atoms with Crippen LogP contribution in [0.25, 0.3) is 0 Å². The predicted molar refractivity (Wildman–Crippen MR) is 97.9 cm³/mol. The molecular formula is C17H18Cl2N2O4. The summed E-state index contributed by atoms with van der Waals surface area (Å²) < 4.78 is 12.3. The Labute approximate surface area is 155 Å². The van der Waals surface area contributed by atoms with E-state index in [4.69, 9.17) is 32.7 Å². The minimum absolute atomic E-state index is 0.135. The molecule has 0 saturated carbocycles. The first-order chi connectivity index (χ1) is 11.9. The molecule has 134 valence electrons. The number of nitrogens with zero attached hydrogens (tertiary/aromatic N) is 1. The number of benzene rings is 1. The van der Waals surface area contributed by atoms with E-state index < -0.39 is 5.91 Å². The highest BCUT2D eigenvalue weighted by atomic mass is 35.5. The Hall–Kier alpha value is -2.02. The molecular weight excluding hydrogens is 367 g/mol. The highest BCUT2D eigenvalue weighted by Crippen LogP contribution is 2.25. The van der Waals surface area contributed by atoms with Crippen LogP contribution in [-0.4, -0.2) is 30.8 Å². The molecule has 0 aliphatic heterocycles. The highest BCUT2D eigenvalue weighted by Gasteiger charge is 2.12. The largest absolute Gasteiger partial charge is 0.478 e. The van der Waals surface area contributed by atoms with Crippen molar-refractivity contribution in [1.82, 2.24) is 4.57 Å². The maximum absolute atomic E-state index is 12.0. The molecule has 0 bridgehead atoms. The van der Waals surface area contributed by atoms with Gasteiger partial charge in [-0.1, -0.05) is 23.2 Å². The van der Waals surface area contributed by atoms with Crippen LogP contribution >= 0.6 is 23.2 Å². The van der Waals surface area contributed by atoms with Gasteiger partial charge in [-0.15, -0.1) is 0 Å². The lowest BCUT2D eigenvalue weighted by Crippen LogP contribution is -2.24. The molecule has 2 rings (SSSR count). The van der Waals surface area contributed by atoms with Gasteiger partial charge in [-0.2, -0.15) is 0 Å². The van der Waals surface area contributed by atoms with Crippen molar-refractivity contribution < 1.29 is 14.3 Å². The fraction of sp³-hybridized carbons (Fsp3) is 0.294.